The van der Waals surface area contributed by atoms with Gasteiger partial charge in [-0.3, -0.25) is 9.00 Å². The number of nitrogens with one attached hydrogen (secondary N) is 1. The van der Waals surface area contributed by atoms with E-state index < -0.39 is 10.8 Å². The molecule has 0 aromatic rings. The van der Waals surface area contributed by atoms with E-state index >= 15 is 0 Å². The summed E-state index contributed by atoms with van der Waals surface area (Å²) in [5.74, 6) is 0.368. The lowest BCUT2D eigenvalue weighted by Crippen LogP contribution is -2.36. The zero-order chi connectivity index (χ0) is 10.3. The van der Waals surface area contributed by atoms with Crippen LogP contribution >= 0.6 is 0 Å². The summed E-state index contributed by atoms with van der Waals surface area (Å²) in [6.45, 7) is 2.77. The fourth-order valence-electron chi connectivity index (χ4n) is 0.921. The van der Waals surface area contributed by atoms with Crippen molar-refractivity contribution in [3.8, 4) is 0 Å². The first kappa shape index (κ1) is 12.6. The molecular formula is C8H18N2O2S. The number of hydrogen-bond acceptors (Lipinski definition) is 3. The van der Waals surface area contributed by atoms with Crippen LogP contribution in [0, 0.1) is 5.92 Å². The van der Waals surface area contributed by atoms with Gasteiger partial charge in [-0.25, -0.2) is 0 Å². The van der Waals surface area contributed by atoms with Crippen LogP contribution in [0.5, 0.6) is 0 Å². The van der Waals surface area contributed by atoms with Gasteiger partial charge in [0.05, 0.1) is 0 Å². The average molecular weight is 206 g/mol. The number of hydrogen-bond donors (Lipinski definition) is 2. The predicted octanol–water partition coefficient (Wildman–Crippen LogP) is -0.534. The number of nitrogens with two attached hydrogens (primary N) is 1. The third kappa shape index (κ3) is 5.76. The lowest BCUT2D eigenvalue weighted by atomic mass is 10.1. The summed E-state index contributed by atoms with van der Waals surface area (Å²) in [5.41, 5.74) is 5.39. The first-order valence-corrected chi connectivity index (χ1v) is 6.12. The van der Waals surface area contributed by atoms with E-state index in [4.69, 9.17) is 5.73 Å². The Bertz CT molecular complexity index is 181. The van der Waals surface area contributed by atoms with Crippen LogP contribution in [0.4, 0.5) is 0 Å². The Morgan fingerprint density at radius 2 is 2.23 bits per heavy atom. The Morgan fingerprint density at radius 1 is 1.62 bits per heavy atom. The predicted molar refractivity (Wildman–Crippen MR) is 54.8 cm³/mol. The van der Waals surface area contributed by atoms with Crippen LogP contribution in [0.2, 0.25) is 0 Å². The van der Waals surface area contributed by atoms with Gasteiger partial charge in [0.25, 0.3) is 0 Å². The molecule has 2 unspecified atom stereocenters. The summed E-state index contributed by atoms with van der Waals surface area (Å²) < 4.78 is 10.7. The van der Waals surface area contributed by atoms with Crippen LogP contribution in [0.1, 0.15) is 13.3 Å². The van der Waals surface area contributed by atoms with Gasteiger partial charge in [-0.05, 0) is 6.42 Å². The summed E-state index contributed by atoms with van der Waals surface area (Å²) in [4.78, 5) is 11.3. The quantitative estimate of drug-likeness (QED) is 0.613. The van der Waals surface area contributed by atoms with E-state index in [-0.39, 0.29) is 11.8 Å². The molecule has 5 heteroatoms. The van der Waals surface area contributed by atoms with Crippen molar-refractivity contribution in [3.63, 3.8) is 0 Å². The number of carbonyl (C=O) groups is 1. The monoisotopic (exact) mass is 206 g/mol. The third-order valence-electron chi connectivity index (χ3n) is 1.84. The van der Waals surface area contributed by atoms with E-state index in [1.54, 1.807) is 6.26 Å². The Balaban J connectivity index is 3.66. The molecule has 0 rings (SSSR count). The Morgan fingerprint density at radius 3 is 2.62 bits per heavy atom. The molecule has 78 valence electrons. The van der Waals surface area contributed by atoms with E-state index in [9.17, 15) is 9.00 Å². The van der Waals surface area contributed by atoms with E-state index in [1.807, 2.05) is 6.92 Å². The maximum absolute atomic E-state index is 11.3. The summed E-state index contributed by atoms with van der Waals surface area (Å²) in [6.07, 6.45) is 2.37. The summed E-state index contributed by atoms with van der Waals surface area (Å²) in [5, 5.41) is 2.70. The fourth-order valence-corrected chi connectivity index (χ4v) is 1.31. The van der Waals surface area contributed by atoms with Crippen LogP contribution in [-0.4, -0.2) is 35.2 Å². The summed E-state index contributed by atoms with van der Waals surface area (Å²) >= 11 is 0. The summed E-state index contributed by atoms with van der Waals surface area (Å²) in [6, 6.07) is 0. The highest BCUT2D eigenvalue weighted by Crippen LogP contribution is 1.98. The van der Waals surface area contributed by atoms with E-state index in [1.165, 1.54) is 0 Å². The van der Waals surface area contributed by atoms with Gasteiger partial charge >= 0.3 is 0 Å². The molecule has 3 N–H and O–H groups in total. The molecule has 0 saturated carbocycles. The number of rotatable bonds is 6. The molecular weight excluding hydrogens is 188 g/mol. The van der Waals surface area contributed by atoms with Crippen molar-refractivity contribution < 1.29 is 9.00 Å². The molecule has 0 aliphatic heterocycles. The molecule has 0 heterocycles. The van der Waals surface area contributed by atoms with Crippen molar-refractivity contribution in [3.05, 3.63) is 0 Å². The standard InChI is InChI=1S/C8H18N2O2S/c1-3-7(6-9)8(11)10-4-5-13(2)12/h7H,3-6,9H2,1-2H3,(H,10,11). The normalized spacial score (nSPS) is 15.0. The van der Waals surface area contributed by atoms with E-state index in [0.29, 0.717) is 18.8 Å². The second-order valence-electron chi connectivity index (χ2n) is 2.91. The van der Waals surface area contributed by atoms with Crippen molar-refractivity contribution in [2.45, 2.75) is 13.3 Å². The van der Waals surface area contributed by atoms with Gasteiger partial charge in [0.15, 0.2) is 0 Å². The van der Waals surface area contributed by atoms with Gasteiger partial charge in [0.1, 0.15) is 0 Å². The van der Waals surface area contributed by atoms with Crippen molar-refractivity contribution in [2.75, 3.05) is 25.1 Å². The second-order valence-corrected chi connectivity index (χ2v) is 4.46. The van der Waals surface area contributed by atoms with Gasteiger partial charge in [0, 0.05) is 41.8 Å². The zero-order valence-electron chi connectivity index (χ0n) is 8.21. The van der Waals surface area contributed by atoms with Gasteiger partial charge in [-0.2, -0.15) is 0 Å². The average Bonchev–Trinajstić information content (AvgIpc) is 2.05. The zero-order valence-corrected chi connectivity index (χ0v) is 9.02. The van der Waals surface area contributed by atoms with Crippen LogP contribution in [0.3, 0.4) is 0 Å². The SMILES string of the molecule is CCC(CN)C(=O)NCCS(C)=O. The highest BCUT2D eigenvalue weighted by atomic mass is 32.2. The Kier molecular flexibility index (Phi) is 6.80. The maximum atomic E-state index is 11.3. The van der Waals surface area contributed by atoms with Gasteiger partial charge in [-0.1, -0.05) is 6.92 Å². The molecule has 0 spiro atoms. The summed E-state index contributed by atoms with van der Waals surface area (Å²) in [7, 11) is -0.845. The molecule has 4 nitrogen and oxygen atoms in total. The van der Waals surface area contributed by atoms with Crippen LogP contribution in [0.15, 0.2) is 0 Å². The molecule has 13 heavy (non-hydrogen) atoms. The molecule has 0 fully saturated rings. The molecule has 0 aromatic carbocycles. The molecule has 0 bridgehead atoms. The van der Waals surface area contributed by atoms with Crippen LogP contribution in [-0.2, 0) is 15.6 Å². The first-order valence-electron chi connectivity index (χ1n) is 4.39. The molecule has 1 amide bonds. The van der Waals surface area contributed by atoms with Crippen molar-refractivity contribution in [1.29, 1.82) is 0 Å². The molecule has 0 aliphatic carbocycles. The first-order chi connectivity index (χ1) is 6.11. The smallest absolute Gasteiger partial charge is 0.224 e. The fraction of sp³-hybridized carbons (Fsp3) is 0.875. The number of amides is 1. The molecule has 0 aromatic heterocycles. The van der Waals surface area contributed by atoms with Crippen LogP contribution in [0.25, 0.3) is 0 Å². The lowest BCUT2D eigenvalue weighted by molar-refractivity contribution is -0.124. The second kappa shape index (κ2) is 7.03. The highest BCUT2D eigenvalue weighted by Gasteiger charge is 2.13. The van der Waals surface area contributed by atoms with Gasteiger partial charge in [-0.15, -0.1) is 0 Å². The third-order valence-corrected chi connectivity index (χ3v) is 2.62. The van der Waals surface area contributed by atoms with Gasteiger partial charge < -0.3 is 11.1 Å². The molecule has 0 aliphatic rings. The molecule has 0 radical (unpaired) electrons. The minimum Gasteiger partial charge on any atom is -0.355 e. The Labute approximate surface area is 81.7 Å². The minimum absolute atomic E-state index is 0.0320. The van der Waals surface area contributed by atoms with E-state index in [0.717, 1.165) is 6.42 Å². The lowest BCUT2D eigenvalue weighted by Gasteiger charge is -2.11. The van der Waals surface area contributed by atoms with Crippen molar-refractivity contribution in [1.82, 2.24) is 5.32 Å². The largest absolute Gasteiger partial charge is 0.355 e. The Hall–Kier alpha value is -0.420. The minimum atomic E-state index is -0.845. The van der Waals surface area contributed by atoms with Crippen molar-refractivity contribution >= 4 is 16.7 Å². The van der Waals surface area contributed by atoms with Crippen molar-refractivity contribution in [2.24, 2.45) is 11.7 Å². The topological polar surface area (TPSA) is 72.2 Å². The highest BCUT2D eigenvalue weighted by molar-refractivity contribution is 7.84. The molecule has 2 atom stereocenters. The maximum Gasteiger partial charge on any atom is 0.224 e. The van der Waals surface area contributed by atoms with Crippen LogP contribution < -0.4 is 11.1 Å². The van der Waals surface area contributed by atoms with E-state index in [2.05, 4.69) is 5.32 Å². The number of carbonyl (C=O) groups excluding carboxylic acids is 1. The van der Waals surface area contributed by atoms with Gasteiger partial charge in [0.2, 0.25) is 5.91 Å². The molecule has 0 saturated heterocycles.